The maximum absolute atomic E-state index is 9.63. The third-order valence-electron chi connectivity index (χ3n) is 10.5. The van der Waals surface area contributed by atoms with Crippen molar-refractivity contribution in [1.82, 2.24) is 15.0 Å². The SMILES string of the molecule is C[C@@H]1C[C@@H]2C[C@H](C)CC(c3ccc(-c4nc(-c5ccccc5)nc(-c5ccc(-c6cccc7c(C#N)cccc67)cc5)n4)cc3)(C1)C2. The Morgan fingerprint density at radius 1 is 0.553 bits per heavy atom. The molecule has 0 aliphatic heterocycles. The summed E-state index contributed by atoms with van der Waals surface area (Å²) in [4.78, 5) is 15.0. The van der Waals surface area contributed by atoms with E-state index in [0.717, 1.165) is 56.3 Å². The summed E-state index contributed by atoms with van der Waals surface area (Å²) >= 11 is 0. The molecule has 0 saturated heterocycles. The van der Waals surface area contributed by atoms with E-state index in [0.29, 0.717) is 28.5 Å². The molecule has 1 unspecified atom stereocenters. The van der Waals surface area contributed by atoms with Crippen molar-refractivity contribution in [1.29, 1.82) is 5.26 Å². The molecule has 8 rings (SSSR count). The van der Waals surface area contributed by atoms with Gasteiger partial charge in [-0.15, -0.1) is 0 Å². The van der Waals surface area contributed by atoms with Crippen LogP contribution in [0.3, 0.4) is 0 Å². The molecule has 0 spiro atoms. The van der Waals surface area contributed by atoms with Gasteiger partial charge in [0.15, 0.2) is 17.5 Å². The van der Waals surface area contributed by atoms with Crippen LogP contribution in [0.15, 0.2) is 115 Å². The molecule has 1 aromatic heterocycles. The Bertz CT molecular complexity index is 2090. The van der Waals surface area contributed by atoms with Crippen molar-refractivity contribution in [3.8, 4) is 51.4 Å². The van der Waals surface area contributed by atoms with Gasteiger partial charge in [0.05, 0.1) is 11.6 Å². The number of nitriles is 1. The quantitative estimate of drug-likeness (QED) is 0.195. The zero-order valence-electron chi connectivity index (χ0n) is 27.0. The molecule has 4 nitrogen and oxygen atoms in total. The third kappa shape index (κ3) is 5.51. The van der Waals surface area contributed by atoms with Gasteiger partial charge in [-0.1, -0.05) is 123 Å². The second-order valence-corrected chi connectivity index (χ2v) is 14.1. The maximum atomic E-state index is 9.63. The predicted octanol–water partition coefficient (Wildman–Crippen LogP) is 10.7. The topological polar surface area (TPSA) is 62.5 Å². The van der Waals surface area contributed by atoms with Crippen LogP contribution in [0.1, 0.15) is 57.1 Å². The van der Waals surface area contributed by atoms with Crippen LogP contribution in [0.5, 0.6) is 0 Å². The number of rotatable bonds is 5. The maximum Gasteiger partial charge on any atom is 0.164 e. The van der Waals surface area contributed by atoms with Gasteiger partial charge in [-0.05, 0) is 83.4 Å². The predicted molar refractivity (Wildman–Crippen MR) is 190 cm³/mol. The lowest BCUT2D eigenvalue weighted by Crippen LogP contribution is -2.42. The second kappa shape index (κ2) is 11.9. The Kier molecular flexibility index (Phi) is 7.41. The van der Waals surface area contributed by atoms with Crippen LogP contribution in [-0.2, 0) is 5.41 Å². The van der Waals surface area contributed by atoms with E-state index in [1.165, 1.54) is 37.7 Å². The molecule has 4 atom stereocenters. The first-order valence-electron chi connectivity index (χ1n) is 16.9. The highest BCUT2D eigenvalue weighted by Gasteiger charge is 2.45. The summed E-state index contributed by atoms with van der Waals surface area (Å²) in [5.74, 6) is 4.42. The molecule has 2 saturated carbocycles. The van der Waals surface area contributed by atoms with E-state index in [1.54, 1.807) is 0 Å². The zero-order chi connectivity index (χ0) is 32.0. The minimum atomic E-state index is 0.292. The van der Waals surface area contributed by atoms with Crippen molar-refractivity contribution in [3.05, 3.63) is 126 Å². The van der Waals surface area contributed by atoms with Gasteiger partial charge < -0.3 is 0 Å². The minimum absolute atomic E-state index is 0.292. The molecular weight excluding hydrogens is 573 g/mol. The molecule has 4 heteroatoms. The fourth-order valence-electron chi connectivity index (χ4n) is 8.84. The van der Waals surface area contributed by atoms with Crippen molar-refractivity contribution < 1.29 is 0 Å². The summed E-state index contributed by atoms with van der Waals surface area (Å²) in [5.41, 5.74) is 7.54. The lowest BCUT2D eigenvalue weighted by Gasteiger charge is -2.50. The molecule has 6 aromatic rings. The summed E-state index contributed by atoms with van der Waals surface area (Å²) < 4.78 is 0. The molecule has 2 aliphatic carbocycles. The van der Waals surface area contributed by atoms with Crippen LogP contribution >= 0.6 is 0 Å². The molecule has 2 bridgehead atoms. The lowest BCUT2D eigenvalue weighted by molar-refractivity contribution is 0.0780. The average molecular weight is 611 g/mol. The van der Waals surface area contributed by atoms with Crippen molar-refractivity contribution in [3.63, 3.8) is 0 Å². The molecule has 1 heterocycles. The summed E-state index contributed by atoms with van der Waals surface area (Å²) in [7, 11) is 0. The molecule has 0 amide bonds. The fourth-order valence-corrected chi connectivity index (χ4v) is 8.84. The van der Waals surface area contributed by atoms with Gasteiger partial charge in [0, 0.05) is 22.1 Å². The number of fused-ring (bicyclic) bond motifs is 3. The smallest absolute Gasteiger partial charge is 0.164 e. The first kappa shape index (κ1) is 29.3. The number of hydrogen-bond donors (Lipinski definition) is 0. The molecule has 230 valence electrons. The fraction of sp³-hybridized carbons (Fsp3) is 0.256. The largest absolute Gasteiger partial charge is 0.208 e. The van der Waals surface area contributed by atoms with Crippen LogP contribution < -0.4 is 0 Å². The highest BCUT2D eigenvalue weighted by atomic mass is 15.0. The van der Waals surface area contributed by atoms with Gasteiger partial charge in [0.2, 0.25) is 0 Å². The van der Waals surface area contributed by atoms with Gasteiger partial charge >= 0.3 is 0 Å². The van der Waals surface area contributed by atoms with E-state index < -0.39 is 0 Å². The molecular formula is C43H38N4. The normalized spacial score (nSPS) is 22.1. The van der Waals surface area contributed by atoms with Gasteiger partial charge in [-0.2, -0.15) is 5.26 Å². The van der Waals surface area contributed by atoms with E-state index >= 15 is 0 Å². The first-order valence-corrected chi connectivity index (χ1v) is 16.9. The summed E-state index contributed by atoms with van der Waals surface area (Å²) in [6.07, 6.45) is 6.66. The Labute approximate surface area is 277 Å². The van der Waals surface area contributed by atoms with Crippen LogP contribution in [0.4, 0.5) is 0 Å². The molecule has 0 radical (unpaired) electrons. The van der Waals surface area contributed by atoms with Crippen molar-refractivity contribution in [2.75, 3.05) is 0 Å². The van der Waals surface area contributed by atoms with Crippen molar-refractivity contribution in [2.24, 2.45) is 17.8 Å². The Hall–Kier alpha value is -5.14. The van der Waals surface area contributed by atoms with Crippen molar-refractivity contribution in [2.45, 2.75) is 51.4 Å². The molecule has 2 aliphatic rings. The third-order valence-corrected chi connectivity index (χ3v) is 10.5. The van der Waals surface area contributed by atoms with Crippen LogP contribution in [0, 0.1) is 29.1 Å². The van der Waals surface area contributed by atoms with Gasteiger partial charge in [-0.3, -0.25) is 0 Å². The van der Waals surface area contributed by atoms with Crippen LogP contribution in [0.2, 0.25) is 0 Å². The first-order chi connectivity index (χ1) is 23.0. The standard InChI is InChI=1S/C43H38N4/c1-28-22-30-23-29(2)25-43(24-28,26-30)36-20-18-34(19-21-36)42-46-40(32-8-4-3-5-9-32)45-41(47-42)33-16-14-31(15-17-33)37-11-7-12-38-35(27-44)10-6-13-39(37)38/h3-21,28-30H,22-26H2,1-2H3/t28-,29+,30-,43?. The Morgan fingerprint density at radius 3 is 1.70 bits per heavy atom. The number of hydrogen-bond acceptors (Lipinski definition) is 4. The molecule has 0 N–H and O–H groups in total. The number of nitrogens with zero attached hydrogens (tertiary/aromatic N) is 4. The van der Waals surface area contributed by atoms with E-state index in [2.05, 4.69) is 92.7 Å². The highest BCUT2D eigenvalue weighted by molar-refractivity contribution is 5.99. The van der Waals surface area contributed by atoms with E-state index in [-0.39, 0.29) is 0 Å². The Morgan fingerprint density at radius 2 is 1.09 bits per heavy atom. The van der Waals surface area contributed by atoms with E-state index in [1.807, 2.05) is 42.5 Å². The number of benzene rings is 5. The van der Waals surface area contributed by atoms with Crippen LogP contribution in [0.25, 0.3) is 56.1 Å². The van der Waals surface area contributed by atoms with Gasteiger partial charge in [0.1, 0.15) is 0 Å². The molecule has 47 heavy (non-hydrogen) atoms. The summed E-state index contributed by atoms with van der Waals surface area (Å²) in [6.45, 7) is 4.89. The number of aromatic nitrogens is 3. The molecule has 2 fully saturated rings. The summed E-state index contributed by atoms with van der Waals surface area (Å²) in [6, 6.07) is 42.1. The monoisotopic (exact) mass is 610 g/mol. The average Bonchev–Trinajstić information content (AvgIpc) is 3.11. The molecule has 5 aromatic carbocycles. The Balaban J connectivity index is 1.17. The minimum Gasteiger partial charge on any atom is -0.208 e. The van der Waals surface area contributed by atoms with Crippen LogP contribution in [-0.4, -0.2) is 15.0 Å². The van der Waals surface area contributed by atoms with Crippen molar-refractivity contribution >= 4 is 10.8 Å². The lowest BCUT2D eigenvalue weighted by atomic mass is 9.54. The zero-order valence-corrected chi connectivity index (χ0v) is 27.0. The van der Waals surface area contributed by atoms with E-state index in [4.69, 9.17) is 15.0 Å². The summed E-state index contributed by atoms with van der Waals surface area (Å²) in [5, 5.41) is 11.7. The second-order valence-electron chi connectivity index (χ2n) is 14.1. The van der Waals surface area contributed by atoms with E-state index in [9.17, 15) is 5.26 Å². The highest BCUT2D eigenvalue weighted by Crippen LogP contribution is 2.54. The van der Waals surface area contributed by atoms with Gasteiger partial charge in [0.25, 0.3) is 0 Å². The van der Waals surface area contributed by atoms with Gasteiger partial charge in [-0.25, -0.2) is 15.0 Å².